The molecular weight excluding hydrogens is 641 g/mol. The minimum Gasteiger partial charge on any atom is -0.378 e. The molecule has 3 aromatic carbocycles. The van der Waals surface area contributed by atoms with Crippen LogP contribution in [0.3, 0.4) is 0 Å². The van der Waals surface area contributed by atoms with Gasteiger partial charge in [-0.05, 0) is 90.6 Å². The number of nitrogens with zero attached hydrogens (tertiary/aromatic N) is 2. The largest absolute Gasteiger partial charge is 0.416 e. The van der Waals surface area contributed by atoms with E-state index in [0.29, 0.717) is 37.3 Å². The van der Waals surface area contributed by atoms with Crippen molar-refractivity contribution in [2.24, 2.45) is 11.3 Å². The topological polar surface area (TPSA) is 77.7 Å². The number of carbonyl (C=O) groups excluding carboxylic acids is 2. The third-order valence-corrected chi connectivity index (χ3v) is 11.5. The van der Waals surface area contributed by atoms with E-state index in [0.717, 1.165) is 60.3 Å². The number of halogens is 3. The molecule has 7 nitrogen and oxygen atoms in total. The van der Waals surface area contributed by atoms with Gasteiger partial charge in [-0.15, -0.1) is 0 Å². The molecule has 2 aliphatic carbocycles. The zero-order chi connectivity index (χ0) is 35.3. The number of alkyl halides is 3. The van der Waals surface area contributed by atoms with Gasteiger partial charge < -0.3 is 24.8 Å². The van der Waals surface area contributed by atoms with Crippen molar-refractivity contribution in [3.05, 3.63) is 95.2 Å². The lowest BCUT2D eigenvalue weighted by atomic mass is 9.91. The Morgan fingerprint density at radius 1 is 0.960 bits per heavy atom. The molecule has 50 heavy (non-hydrogen) atoms. The van der Waals surface area contributed by atoms with E-state index in [1.54, 1.807) is 4.90 Å². The number of morpholine rings is 1. The van der Waals surface area contributed by atoms with Gasteiger partial charge in [-0.1, -0.05) is 57.0 Å². The molecule has 1 aromatic heterocycles. The number of hydrogen-bond acceptors (Lipinski definition) is 4. The summed E-state index contributed by atoms with van der Waals surface area (Å²) in [6, 6.07) is 20.9. The second-order valence-electron chi connectivity index (χ2n) is 14.8. The van der Waals surface area contributed by atoms with Gasteiger partial charge in [-0.2, -0.15) is 13.2 Å². The molecule has 3 fully saturated rings. The summed E-state index contributed by atoms with van der Waals surface area (Å²) in [6.07, 6.45) is -1.73. The van der Waals surface area contributed by atoms with Crippen LogP contribution in [-0.2, 0) is 27.0 Å². The monoisotopic (exact) mass is 686 g/mol. The second kappa shape index (κ2) is 13.1. The molecule has 2 atom stereocenters. The predicted octanol–water partition coefficient (Wildman–Crippen LogP) is 8.44. The zero-order valence-corrected chi connectivity index (χ0v) is 28.9. The number of aryl methyl sites for hydroxylation is 1. The lowest BCUT2D eigenvalue weighted by Crippen LogP contribution is -2.57. The number of rotatable bonds is 9. The van der Waals surface area contributed by atoms with Gasteiger partial charge in [0.25, 0.3) is 0 Å². The molecule has 2 amide bonds. The maximum atomic E-state index is 14.7. The van der Waals surface area contributed by atoms with Crippen LogP contribution in [0.4, 0.5) is 24.5 Å². The first kappa shape index (κ1) is 34.2. The van der Waals surface area contributed by atoms with E-state index in [9.17, 15) is 22.8 Å². The zero-order valence-electron chi connectivity index (χ0n) is 28.9. The highest BCUT2D eigenvalue weighted by Gasteiger charge is 2.61. The summed E-state index contributed by atoms with van der Waals surface area (Å²) in [7, 11) is 0. The molecule has 1 aliphatic heterocycles. The standard InChI is InChI=1S/C40H45F3N4O3/c1-26-35(31-8-4-5-9-33(31)44-26)36-32(38(36,2)3)24-34(48)47(25-27-10-12-28(13-11-27)40(41,42)43)39(18-6-7-19-39)37(49)45-29-14-16-30(17-15-29)46-20-22-50-23-21-46/h4-5,8-17,32,36,44H,6-7,18-25H2,1-3H3,(H,45,49)/t32-,36+/m0/s1. The Hall–Kier alpha value is -4.31. The lowest BCUT2D eigenvalue weighted by molar-refractivity contribution is -0.146. The van der Waals surface area contributed by atoms with Crippen LogP contribution in [0.5, 0.6) is 0 Å². The quantitative estimate of drug-likeness (QED) is 0.185. The maximum absolute atomic E-state index is 14.7. The molecule has 2 heterocycles. The fourth-order valence-corrected chi connectivity index (χ4v) is 8.56. The summed E-state index contributed by atoms with van der Waals surface area (Å²) in [4.78, 5) is 36.5. The number of aromatic amines is 1. The summed E-state index contributed by atoms with van der Waals surface area (Å²) in [5.74, 6) is -0.220. The summed E-state index contributed by atoms with van der Waals surface area (Å²) < 4.78 is 45.8. The average Bonchev–Trinajstić information content (AvgIpc) is 3.44. The highest BCUT2D eigenvalue weighted by atomic mass is 19.4. The van der Waals surface area contributed by atoms with Gasteiger partial charge in [0.1, 0.15) is 5.54 Å². The number of anilines is 2. The van der Waals surface area contributed by atoms with Gasteiger partial charge in [0.05, 0.1) is 18.8 Å². The van der Waals surface area contributed by atoms with Gasteiger partial charge in [0, 0.05) is 54.0 Å². The molecule has 0 bridgehead atoms. The summed E-state index contributed by atoms with van der Waals surface area (Å²) in [5, 5.41) is 4.28. The Kier molecular flexibility index (Phi) is 8.95. The second-order valence-corrected chi connectivity index (χ2v) is 14.8. The van der Waals surface area contributed by atoms with E-state index in [4.69, 9.17) is 4.74 Å². The van der Waals surface area contributed by atoms with Crippen molar-refractivity contribution in [1.29, 1.82) is 0 Å². The number of hydrogen-bond donors (Lipinski definition) is 2. The average molecular weight is 687 g/mol. The molecule has 0 spiro atoms. The van der Waals surface area contributed by atoms with Crippen LogP contribution in [0.15, 0.2) is 72.8 Å². The fourth-order valence-electron chi connectivity index (χ4n) is 8.56. The van der Waals surface area contributed by atoms with E-state index in [-0.39, 0.29) is 42.0 Å². The Morgan fingerprint density at radius 3 is 2.28 bits per heavy atom. The molecule has 264 valence electrons. The Morgan fingerprint density at radius 2 is 1.62 bits per heavy atom. The highest BCUT2D eigenvalue weighted by molar-refractivity contribution is 6.01. The third kappa shape index (κ3) is 6.38. The van der Waals surface area contributed by atoms with Gasteiger partial charge >= 0.3 is 6.18 Å². The first-order valence-electron chi connectivity index (χ1n) is 17.7. The summed E-state index contributed by atoms with van der Waals surface area (Å²) in [6.45, 7) is 9.44. The normalized spacial score (nSPS) is 21.3. The van der Waals surface area contributed by atoms with Crippen LogP contribution in [0, 0.1) is 18.3 Å². The smallest absolute Gasteiger partial charge is 0.378 e. The van der Waals surface area contributed by atoms with Crippen molar-refractivity contribution in [2.45, 2.75) is 77.1 Å². The number of fused-ring (bicyclic) bond motifs is 1. The lowest BCUT2D eigenvalue weighted by Gasteiger charge is -2.40. The highest BCUT2D eigenvalue weighted by Crippen LogP contribution is 2.67. The summed E-state index contributed by atoms with van der Waals surface area (Å²) >= 11 is 0. The minimum absolute atomic E-state index is 0.0391. The molecule has 0 unspecified atom stereocenters. The van der Waals surface area contributed by atoms with Crippen LogP contribution < -0.4 is 10.2 Å². The van der Waals surface area contributed by atoms with Crippen molar-refractivity contribution < 1.29 is 27.5 Å². The SMILES string of the molecule is Cc1[nH]c2ccccc2c1[C@H]1[C@H](CC(=O)N(Cc2ccc(C(F)(F)F)cc2)C2(C(=O)Nc3ccc(N4CCOCC4)cc3)CCCC2)C1(C)C. The molecule has 10 heteroatoms. The summed E-state index contributed by atoms with van der Waals surface area (Å²) in [5.41, 5.74) is 3.59. The van der Waals surface area contributed by atoms with Crippen LogP contribution in [-0.4, -0.2) is 53.5 Å². The number of H-pyrrole nitrogens is 1. The third-order valence-electron chi connectivity index (χ3n) is 11.5. The predicted molar refractivity (Wildman–Crippen MR) is 189 cm³/mol. The van der Waals surface area contributed by atoms with Gasteiger partial charge in [-0.25, -0.2) is 0 Å². The Labute approximate surface area is 291 Å². The fraction of sp³-hybridized carbons (Fsp3) is 0.450. The van der Waals surface area contributed by atoms with E-state index in [2.05, 4.69) is 48.1 Å². The maximum Gasteiger partial charge on any atom is 0.416 e. The van der Waals surface area contributed by atoms with Crippen LogP contribution in [0.2, 0.25) is 0 Å². The van der Waals surface area contributed by atoms with Gasteiger partial charge in [0.2, 0.25) is 11.8 Å². The van der Waals surface area contributed by atoms with Crippen LogP contribution >= 0.6 is 0 Å². The number of para-hydroxylation sites is 1. The van der Waals surface area contributed by atoms with Crippen LogP contribution in [0.25, 0.3) is 10.9 Å². The molecule has 7 rings (SSSR count). The van der Waals surface area contributed by atoms with Crippen molar-refractivity contribution in [3.63, 3.8) is 0 Å². The first-order chi connectivity index (χ1) is 23.9. The van der Waals surface area contributed by atoms with Crippen LogP contribution in [0.1, 0.15) is 74.3 Å². The van der Waals surface area contributed by atoms with Crippen molar-refractivity contribution in [2.75, 3.05) is 36.5 Å². The molecule has 2 saturated carbocycles. The van der Waals surface area contributed by atoms with E-state index < -0.39 is 17.3 Å². The Balaban J connectivity index is 1.17. The number of nitrogens with one attached hydrogen (secondary N) is 2. The Bertz CT molecular complexity index is 1850. The molecule has 0 radical (unpaired) electrons. The van der Waals surface area contributed by atoms with E-state index in [1.165, 1.54) is 17.7 Å². The van der Waals surface area contributed by atoms with Crippen molar-refractivity contribution in [1.82, 2.24) is 9.88 Å². The number of benzene rings is 3. The van der Waals surface area contributed by atoms with E-state index >= 15 is 0 Å². The molecule has 1 saturated heterocycles. The van der Waals surface area contributed by atoms with Crippen molar-refractivity contribution >= 4 is 34.1 Å². The molecule has 2 N–H and O–H groups in total. The number of aromatic nitrogens is 1. The number of amides is 2. The minimum atomic E-state index is -4.47. The molecule has 3 aliphatic rings. The van der Waals surface area contributed by atoms with Crippen molar-refractivity contribution in [3.8, 4) is 0 Å². The van der Waals surface area contributed by atoms with Gasteiger partial charge in [-0.3, -0.25) is 9.59 Å². The first-order valence-corrected chi connectivity index (χ1v) is 17.7. The molecule has 4 aromatic rings. The van der Waals surface area contributed by atoms with Gasteiger partial charge in [0.15, 0.2) is 0 Å². The number of ether oxygens (including phenoxy) is 1. The van der Waals surface area contributed by atoms with E-state index in [1.807, 2.05) is 36.4 Å². The molecular formula is C40H45F3N4O3. The number of carbonyl (C=O) groups is 2.